The maximum atomic E-state index is 5.56. The van der Waals surface area contributed by atoms with Crippen molar-refractivity contribution in [3.8, 4) is 0 Å². The molecule has 0 amide bonds. The van der Waals surface area contributed by atoms with E-state index in [1.165, 1.54) is 0 Å². The van der Waals surface area contributed by atoms with Gasteiger partial charge in [-0.15, -0.1) is 0 Å². The summed E-state index contributed by atoms with van der Waals surface area (Å²) in [6, 6.07) is 0. The van der Waals surface area contributed by atoms with Gasteiger partial charge in [-0.05, 0) is 51.6 Å². The van der Waals surface area contributed by atoms with Gasteiger partial charge in [0.1, 0.15) is 0 Å². The Morgan fingerprint density at radius 3 is 1.50 bits per heavy atom. The molecule has 0 aromatic carbocycles. The molecule has 0 saturated heterocycles. The second-order valence-electron chi connectivity index (χ2n) is 6.56. The van der Waals surface area contributed by atoms with Crippen molar-refractivity contribution in [2.45, 2.75) is 38.5 Å². The van der Waals surface area contributed by atoms with Gasteiger partial charge in [-0.2, -0.15) is 19.9 Å². The number of rotatable bonds is 16. The molecule has 0 saturated carbocycles. The number of nitrogens with two attached hydrogens (primary N) is 5. The van der Waals surface area contributed by atoms with Crippen molar-refractivity contribution in [1.29, 1.82) is 0 Å². The van der Waals surface area contributed by atoms with Gasteiger partial charge in [0, 0.05) is 26.2 Å². The average Bonchev–Trinajstić information content (AvgIpc) is 2.70. The summed E-state index contributed by atoms with van der Waals surface area (Å²) < 4.78 is 0. The molecule has 0 aliphatic rings. The van der Waals surface area contributed by atoms with E-state index < -0.39 is 0 Å². The minimum atomic E-state index is -0.104. The van der Waals surface area contributed by atoms with Crippen LogP contribution < -0.4 is 44.6 Å². The normalized spacial score (nSPS) is 11.2. The molecule has 0 atom stereocenters. The summed E-state index contributed by atoms with van der Waals surface area (Å²) in [4.78, 5) is 21.0. The monoisotopic (exact) mass is 423 g/mol. The molecular formula is C17H37N13. The molecule has 170 valence electrons. The van der Waals surface area contributed by atoms with Crippen molar-refractivity contribution >= 4 is 29.8 Å². The van der Waals surface area contributed by atoms with E-state index in [-0.39, 0.29) is 11.9 Å². The molecule has 0 radical (unpaired) electrons. The lowest BCUT2D eigenvalue weighted by atomic mass is 10.3. The van der Waals surface area contributed by atoms with Crippen LogP contribution in [0.15, 0.2) is 9.98 Å². The molecule has 0 aliphatic heterocycles. The number of unbranched alkanes of at least 4 members (excludes halogenated alkanes) is 3. The van der Waals surface area contributed by atoms with E-state index >= 15 is 0 Å². The fraction of sp³-hybridized carbons (Fsp3) is 0.706. The summed E-state index contributed by atoms with van der Waals surface area (Å²) in [5.41, 5.74) is 27.1. The SMILES string of the molecule is NCCCCNc1nc(NCCCCN)nc(NCCCCN=C(N)N=C(N)N)n1. The summed E-state index contributed by atoms with van der Waals surface area (Å²) >= 11 is 0. The zero-order chi connectivity index (χ0) is 22.0. The van der Waals surface area contributed by atoms with E-state index in [1.807, 2.05) is 0 Å². The van der Waals surface area contributed by atoms with Crippen molar-refractivity contribution in [2.24, 2.45) is 38.7 Å². The zero-order valence-electron chi connectivity index (χ0n) is 17.6. The molecule has 1 heterocycles. The van der Waals surface area contributed by atoms with Crippen LogP contribution in [0.2, 0.25) is 0 Å². The van der Waals surface area contributed by atoms with Crippen LogP contribution in [0.4, 0.5) is 17.8 Å². The van der Waals surface area contributed by atoms with Crippen molar-refractivity contribution in [3.63, 3.8) is 0 Å². The molecule has 0 aliphatic carbocycles. The molecule has 1 aromatic rings. The Labute approximate surface area is 177 Å². The highest BCUT2D eigenvalue weighted by molar-refractivity contribution is 5.92. The van der Waals surface area contributed by atoms with Crippen LogP contribution in [0.1, 0.15) is 38.5 Å². The topological polar surface area (TPSA) is 230 Å². The highest BCUT2D eigenvalue weighted by atomic mass is 15.3. The Balaban J connectivity index is 2.52. The smallest absolute Gasteiger partial charge is 0.229 e. The van der Waals surface area contributed by atoms with Gasteiger partial charge in [-0.25, -0.2) is 0 Å². The van der Waals surface area contributed by atoms with Crippen LogP contribution in [0.5, 0.6) is 0 Å². The van der Waals surface area contributed by atoms with Gasteiger partial charge in [0.05, 0.1) is 0 Å². The Hall–Kier alpha value is -2.93. The minimum Gasteiger partial charge on any atom is -0.370 e. The minimum absolute atomic E-state index is 0.0797. The van der Waals surface area contributed by atoms with Crippen molar-refractivity contribution in [3.05, 3.63) is 0 Å². The third-order valence-corrected chi connectivity index (χ3v) is 3.85. The van der Waals surface area contributed by atoms with Crippen LogP contribution in [0, 0.1) is 0 Å². The number of hydrogen-bond acceptors (Lipinski definition) is 9. The van der Waals surface area contributed by atoms with Gasteiger partial charge >= 0.3 is 0 Å². The van der Waals surface area contributed by atoms with Crippen LogP contribution in [-0.2, 0) is 0 Å². The number of hydrogen-bond donors (Lipinski definition) is 8. The molecule has 13 N–H and O–H groups in total. The van der Waals surface area contributed by atoms with E-state index in [4.69, 9.17) is 28.7 Å². The van der Waals surface area contributed by atoms with Crippen molar-refractivity contribution in [2.75, 3.05) is 55.2 Å². The molecule has 0 spiro atoms. The Kier molecular flexibility index (Phi) is 13.3. The lowest BCUT2D eigenvalue weighted by Crippen LogP contribution is -2.26. The molecule has 0 unspecified atom stereocenters. The second-order valence-corrected chi connectivity index (χ2v) is 6.56. The summed E-state index contributed by atoms with van der Waals surface area (Å²) in [5.74, 6) is 1.54. The van der Waals surface area contributed by atoms with E-state index in [1.54, 1.807) is 0 Å². The van der Waals surface area contributed by atoms with Crippen molar-refractivity contribution in [1.82, 2.24) is 15.0 Å². The Bertz CT molecular complexity index is 612. The summed E-state index contributed by atoms with van der Waals surface area (Å²) in [5, 5.41) is 9.66. The van der Waals surface area contributed by atoms with Crippen molar-refractivity contribution < 1.29 is 0 Å². The highest BCUT2D eigenvalue weighted by Gasteiger charge is 2.06. The first-order chi connectivity index (χ1) is 14.5. The number of nitrogens with one attached hydrogen (secondary N) is 3. The lowest BCUT2D eigenvalue weighted by Gasteiger charge is -2.11. The molecule has 1 aromatic heterocycles. The molecular weight excluding hydrogens is 386 g/mol. The fourth-order valence-electron chi connectivity index (χ4n) is 2.35. The Morgan fingerprint density at radius 2 is 1.10 bits per heavy atom. The molecule has 30 heavy (non-hydrogen) atoms. The van der Waals surface area contributed by atoms with Gasteiger partial charge in [0.2, 0.25) is 23.8 Å². The molecule has 1 rings (SSSR count). The molecule has 13 nitrogen and oxygen atoms in total. The van der Waals surface area contributed by atoms with Gasteiger partial charge < -0.3 is 44.6 Å². The largest absolute Gasteiger partial charge is 0.370 e. The highest BCUT2D eigenvalue weighted by Crippen LogP contribution is 2.10. The van der Waals surface area contributed by atoms with Gasteiger partial charge in [0.25, 0.3) is 0 Å². The summed E-state index contributed by atoms with van der Waals surface area (Å²) in [7, 11) is 0. The standard InChI is InChI=1S/C17H37N13/c18-7-1-3-10-24-15-28-16(25-11-4-2-8-19)30-17(29-15)26-12-6-5-9-23-14(22)27-13(20)21/h1-12,18-19H2,(H6,20,21,22,23,27)(H3,24,25,26,28,29,30). The number of aliphatic imine (C=N–C) groups is 2. The number of nitrogens with zero attached hydrogens (tertiary/aromatic N) is 5. The predicted molar refractivity (Wildman–Crippen MR) is 123 cm³/mol. The average molecular weight is 424 g/mol. The molecule has 0 fully saturated rings. The zero-order valence-corrected chi connectivity index (χ0v) is 17.6. The van der Waals surface area contributed by atoms with Crippen LogP contribution in [0.3, 0.4) is 0 Å². The number of aromatic nitrogens is 3. The van der Waals surface area contributed by atoms with Crippen LogP contribution in [0.25, 0.3) is 0 Å². The first kappa shape index (κ1) is 25.1. The quantitative estimate of drug-likeness (QED) is 0.0908. The van der Waals surface area contributed by atoms with Gasteiger partial charge in [-0.1, -0.05) is 0 Å². The molecule has 13 heteroatoms. The van der Waals surface area contributed by atoms with E-state index in [9.17, 15) is 0 Å². The van der Waals surface area contributed by atoms with E-state index in [2.05, 4.69) is 40.9 Å². The predicted octanol–water partition coefficient (Wildman–Crippen LogP) is -1.05. The van der Waals surface area contributed by atoms with Crippen LogP contribution >= 0.6 is 0 Å². The maximum absolute atomic E-state index is 5.56. The summed E-state index contributed by atoms with van der Waals surface area (Å²) in [6.07, 6.45) is 5.46. The Morgan fingerprint density at radius 1 is 0.667 bits per heavy atom. The summed E-state index contributed by atoms with van der Waals surface area (Å²) in [6.45, 7) is 4.05. The first-order valence-electron chi connectivity index (χ1n) is 10.3. The number of anilines is 3. The first-order valence-corrected chi connectivity index (χ1v) is 10.3. The van der Waals surface area contributed by atoms with E-state index in [0.717, 1.165) is 51.6 Å². The maximum Gasteiger partial charge on any atom is 0.229 e. The van der Waals surface area contributed by atoms with Crippen LogP contribution in [-0.4, -0.2) is 66.1 Å². The third-order valence-electron chi connectivity index (χ3n) is 3.85. The fourth-order valence-corrected chi connectivity index (χ4v) is 2.35. The van der Waals surface area contributed by atoms with E-state index in [0.29, 0.717) is 44.0 Å². The van der Waals surface area contributed by atoms with Gasteiger partial charge in [-0.3, -0.25) is 4.99 Å². The molecule has 0 bridgehead atoms. The third kappa shape index (κ3) is 12.5. The number of guanidine groups is 2. The van der Waals surface area contributed by atoms with Gasteiger partial charge in [0.15, 0.2) is 5.96 Å². The lowest BCUT2D eigenvalue weighted by molar-refractivity contribution is 0.759. The second kappa shape index (κ2) is 15.9.